The lowest BCUT2D eigenvalue weighted by atomic mass is 9.97. The molecule has 0 spiro atoms. The highest BCUT2D eigenvalue weighted by molar-refractivity contribution is 6.19. The molecule has 0 aromatic heterocycles. The van der Waals surface area contributed by atoms with Gasteiger partial charge in [-0.25, -0.2) is 0 Å². The zero-order chi connectivity index (χ0) is 18.0. The number of hydrogen-bond donors (Lipinski definition) is 1. The van der Waals surface area contributed by atoms with Gasteiger partial charge in [-0.1, -0.05) is 0 Å². The first-order chi connectivity index (χ1) is 12.0. The Hall–Kier alpha value is -3.06. The highest BCUT2D eigenvalue weighted by Gasteiger charge is 2.31. The summed E-state index contributed by atoms with van der Waals surface area (Å²) in [7, 11) is 2.70. The van der Waals surface area contributed by atoms with Gasteiger partial charge in [-0.15, -0.1) is 0 Å². The third-order valence-electron chi connectivity index (χ3n) is 3.84. The van der Waals surface area contributed by atoms with Gasteiger partial charge in [0.2, 0.25) is 12.6 Å². The summed E-state index contributed by atoms with van der Waals surface area (Å²) < 4.78 is 20.5. The predicted octanol–water partition coefficient (Wildman–Crippen LogP) is 2.21. The summed E-state index contributed by atoms with van der Waals surface area (Å²) in [6, 6.07) is 8.82. The number of benzene rings is 2. The third kappa shape index (κ3) is 3.14. The highest BCUT2D eigenvalue weighted by atomic mass is 16.7. The van der Waals surface area contributed by atoms with Crippen LogP contribution >= 0.6 is 0 Å². The van der Waals surface area contributed by atoms with Crippen molar-refractivity contribution >= 4 is 11.6 Å². The molecular formula is C18H16O7. The Kier molecular flexibility index (Phi) is 4.58. The lowest BCUT2D eigenvalue weighted by Gasteiger charge is -2.14. The third-order valence-corrected chi connectivity index (χ3v) is 3.84. The van der Waals surface area contributed by atoms with E-state index in [2.05, 4.69) is 0 Å². The maximum atomic E-state index is 12.7. The van der Waals surface area contributed by atoms with Gasteiger partial charge in [0.1, 0.15) is 11.5 Å². The number of carbonyl (C=O) groups is 2. The molecule has 2 aromatic carbocycles. The Morgan fingerprint density at radius 3 is 2.48 bits per heavy atom. The van der Waals surface area contributed by atoms with Gasteiger partial charge in [0, 0.05) is 18.7 Å². The standard InChI is InChI=1S/C18H16O7/c1-22-11-4-5-12(13(19)8-11)17(21)18(23-2)16(20)10-3-6-14-15(7-10)25-9-24-14/h3-8,18-19H,9H2,1-2H3. The van der Waals surface area contributed by atoms with Crippen LogP contribution in [0.25, 0.3) is 0 Å². The summed E-state index contributed by atoms with van der Waals surface area (Å²) in [6.07, 6.45) is -1.39. The lowest BCUT2D eigenvalue weighted by Crippen LogP contribution is -2.32. The molecule has 2 aromatic rings. The maximum absolute atomic E-state index is 12.7. The van der Waals surface area contributed by atoms with Gasteiger partial charge < -0.3 is 24.1 Å². The minimum absolute atomic E-state index is 0.0262. The molecule has 1 aliphatic rings. The van der Waals surface area contributed by atoms with Crippen LogP contribution in [0.2, 0.25) is 0 Å². The minimum Gasteiger partial charge on any atom is -0.507 e. The SMILES string of the molecule is COc1ccc(C(=O)C(OC)C(=O)c2ccc3c(c2)OCO3)c(O)c1. The number of Topliss-reactive ketones (excluding diaryl/α,β-unsaturated/α-hetero) is 2. The molecule has 1 N–H and O–H groups in total. The molecule has 3 rings (SSSR count). The molecule has 0 fully saturated rings. The van der Waals surface area contributed by atoms with Crippen LogP contribution in [0.3, 0.4) is 0 Å². The van der Waals surface area contributed by atoms with Crippen LogP contribution < -0.4 is 14.2 Å². The molecule has 0 radical (unpaired) electrons. The van der Waals surface area contributed by atoms with Crippen molar-refractivity contribution in [3.05, 3.63) is 47.5 Å². The normalized spacial score (nSPS) is 13.4. The van der Waals surface area contributed by atoms with Crippen molar-refractivity contribution in [2.75, 3.05) is 21.0 Å². The van der Waals surface area contributed by atoms with Crippen LogP contribution in [-0.2, 0) is 4.74 Å². The van der Waals surface area contributed by atoms with E-state index in [0.717, 1.165) is 0 Å². The van der Waals surface area contributed by atoms with Crippen LogP contribution in [0, 0.1) is 0 Å². The number of phenolic OH excluding ortho intramolecular Hbond substituents is 1. The molecule has 7 nitrogen and oxygen atoms in total. The smallest absolute Gasteiger partial charge is 0.231 e. The fraction of sp³-hybridized carbons (Fsp3) is 0.222. The highest BCUT2D eigenvalue weighted by Crippen LogP contribution is 2.33. The summed E-state index contributed by atoms with van der Waals surface area (Å²) in [4.78, 5) is 25.3. The van der Waals surface area contributed by atoms with E-state index in [1.807, 2.05) is 0 Å². The van der Waals surface area contributed by atoms with Crippen LogP contribution in [0.5, 0.6) is 23.0 Å². The molecule has 7 heteroatoms. The molecule has 0 amide bonds. The second kappa shape index (κ2) is 6.82. The molecule has 1 atom stereocenters. The Morgan fingerprint density at radius 2 is 1.80 bits per heavy atom. The topological polar surface area (TPSA) is 91.3 Å². The van der Waals surface area contributed by atoms with Crippen molar-refractivity contribution in [2.24, 2.45) is 0 Å². The summed E-state index contributed by atoms with van der Waals surface area (Å²) in [5.74, 6) is -0.119. The number of hydrogen-bond acceptors (Lipinski definition) is 7. The number of ketones is 2. The first-order valence-electron chi connectivity index (χ1n) is 7.43. The first-order valence-corrected chi connectivity index (χ1v) is 7.43. The van der Waals surface area contributed by atoms with E-state index in [0.29, 0.717) is 17.2 Å². The monoisotopic (exact) mass is 344 g/mol. The fourth-order valence-corrected chi connectivity index (χ4v) is 2.52. The van der Waals surface area contributed by atoms with Gasteiger partial charge in [-0.2, -0.15) is 0 Å². The van der Waals surface area contributed by atoms with Crippen LogP contribution in [0.15, 0.2) is 36.4 Å². The predicted molar refractivity (Wildman–Crippen MR) is 86.7 cm³/mol. The molecule has 1 heterocycles. The summed E-state index contributed by atoms with van der Waals surface area (Å²) >= 11 is 0. The Bertz CT molecular complexity index is 828. The number of fused-ring (bicyclic) bond motifs is 1. The van der Waals surface area contributed by atoms with E-state index in [1.165, 1.54) is 44.6 Å². The second-order valence-corrected chi connectivity index (χ2v) is 5.30. The summed E-state index contributed by atoms with van der Waals surface area (Å²) in [5.41, 5.74) is 0.221. The number of methoxy groups -OCH3 is 2. The number of phenols is 1. The Morgan fingerprint density at radius 1 is 1.04 bits per heavy atom. The fourth-order valence-electron chi connectivity index (χ4n) is 2.52. The van der Waals surface area contributed by atoms with Gasteiger partial charge in [0.15, 0.2) is 23.4 Å². The molecule has 0 saturated carbocycles. The van der Waals surface area contributed by atoms with Crippen LogP contribution in [0.1, 0.15) is 20.7 Å². The quantitative estimate of drug-likeness (QED) is 0.634. The van der Waals surface area contributed by atoms with Crippen molar-refractivity contribution in [2.45, 2.75) is 6.10 Å². The maximum Gasteiger partial charge on any atom is 0.231 e. The van der Waals surface area contributed by atoms with E-state index in [4.69, 9.17) is 18.9 Å². The van der Waals surface area contributed by atoms with Gasteiger partial charge in [-0.05, 0) is 30.3 Å². The van der Waals surface area contributed by atoms with Crippen molar-refractivity contribution in [1.82, 2.24) is 0 Å². The van der Waals surface area contributed by atoms with Crippen LogP contribution in [-0.4, -0.2) is 43.8 Å². The van der Waals surface area contributed by atoms with E-state index >= 15 is 0 Å². The van der Waals surface area contributed by atoms with Crippen molar-refractivity contribution in [1.29, 1.82) is 0 Å². The van der Waals surface area contributed by atoms with E-state index < -0.39 is 17.7 Å². The Balaban J connectivity index is 1.88. The molecule has 0 saturated heterocycles. The number of aromatic hydroxyl groups is 1. The zero-order valence-electron chi connectivity index (χ0n) is 13.6. The molecule has 1 aliphatic heterocycles. The van der Waals surface area contributed by atoms with Gasteiger partial charge in [0.05, 0.1) is 12.7 Å². The second-order valence-electron chi connectivity index (χ2n) is 5.30. The number of rotatable bonds is 6. The minimum atomic E-state index is -1.39. The average molecular weight is 344 g/mol. The van der Waals surface area contributed by atoms with E-state index in [1.54, 1.807) is 6.07 Å². The zero-order valence-corrected chi connectivity index (χ0v) is 13.6. The first kappa shape index (κ1) is 16.8. The van der Waals surface area contributed by atoms with E-state index in [-0.39, 0.29) is 23.7 Å². The molecule has 25 heavy (non-hydrogen) atoms. The largest absolute Gasteiger partial charge is 0.507 e. The van der Waals surface area contributed by atoms with Crippen molar-refractivity contribution in [3.63, 3.8) is 0 Å². The summed E-state index contributed by atoms with van der Waals surface area (Å²) in [6.45, 7) is 0.0827. The molecule has 0 bridgehead atoms. The van der Waals surface area contributed by atoms with Gasteiger partial charge in [-0.3, -0.25) is 9.59 Å². The molecule has 130 valence electrons. The lowest BCUT2D eigenvalue weighted by molar-refractivity contribution is 0.0511. The molecule has 0 aliphatic carbocycles. The molecular weight excluding hydrogens is 328 g/mol. The summed E-state index contributed by atoms with van der Waals surface area (Å²) in [5, 5.41) is 10.0. The molecule has 1 unspecified atom stereocenters. The van der Waals surface area contributed by atoms with Crippen LogP contribution in [0.4, 0.5) is 0 Å². The van der Waals surface area contributed by atoms with Gasteiger partial charge >= 0.3 is 0 Å². The van der Waals surface area contributed by atoms with Crippen molar-refractivity contribution < 1.29 is 33.6 Å². The number of carbonyl (C=O) groups excluding carboxylic acids is 2. The Labute approximate surface area is 143 Å². The van der Waals surface area contributed by atoms with Crippen molar-refractivity contribution in [3.8, 4) is 23.0 Å². The number of ether oxygens (including phenoxy) is 4. The van der Waals surface area contributed by atoms with E-state index in [9.17, 15) is 14.7 Å². The average Bonchev–Trinajstić information content (AvgIpc) is 3.09. The van der Waals surface area contributed by atoms with Gasteiger partial charge in [0.25, 0.3) is 0 Å².